The second-order valence-electron chi connectivity index (χ2n) is 4.74. The van der Waals surface area contributed by atoms with Crippen molar-refractivity contribution in [1.29, 1.82) is 0 Å². The van der Waals surface area contributed by atoms with Crippen LogP contribution in [0, 0.1) is 0 Å². The van der Waals surface area contributed by atoms with Gasteiger partial charge in [-0.25, -0.2) is 18.7 Å². The van der Waals surface area contributed by atoms with Crippen molar-refractivity contribution < 1.29 is 13.9 Å². The van der Waals surface area contributed by atoms with Crippen molar-refractivity contribution in [2.75, 3.05) is 24.6 Å². The first-order valence-corrected chi connectivity index (χ1v) is 6.69. The van der Waals surface area contributed by atoms with E-state index in [0.29, 0.717) is 5.82 Å². The lowest BCUT2D eigenvalue weighted by atomic mass is 10.1. The highest BCUT2D eigenvalue weighted by molar-refractivity contribution is 5.49. The first-order chi connectivity index (χ1) is 9.22. The van der Waals surface area contributed by atoms with Gasteiger partial charge in [0, 0.05) is 17.8 Å². The van der Waals surface area contributed by atoms with Crippen LogP contribution in [0.4, 0.5) is 14.6 Å². The summed E-state index contributed by atoms with van der Waals surface area (Å²) in [7, 11) is 0. The number of hydrogen-bond donors (Lipinski definition) is 1. The second kappa shape index (κ2) is 6.75. The molecule has 6 heteroatoms. The number of halogens is 2. The summed E-state index contributed by atoms with van der Waals surface area (Å²) in [5.41, 5.74) is 1.95. The predicted molar refractivity (Wildman–Crippen MR) is 68.6 cm³/mol. The molecular formula is C13H19F2N3O. The summed E-state index contributed by atoms with van der Waals surface area (Å²) in [5, 5.41) is 9.04. The molecule has 0 aromatic carbocycles. The molecule has 0 amide bonds. The monoisotopic (exact) mass is 271 g/mol. The first-order valence-electron chi connectivity index (χ1n) is 6.69. The molecular weight excluding hydrogens is 252 g/mol. The number of nitrogens with zero attached hydrogens (tertiary/aromatic N) is 3. The zero-order chi connectivity index (χ0) is 13.7. The number of aromatic nitrogens is 2. The molecule has 106 valence electrons. The molecule has 1 aromatic rings. The van der Waals surface area contributed by atoms with Crippen molar-refractivity contribution in [3.8, 4) is 0 Å². The van der Waals surface area contributed by atoms with Crippen LogP contribution in [0.5, 0.6) is 0 Å². The summed E-state index contributed by atoms with van der Waals surface area (Å²) < 4.78 is 25.3. The minimum atomic E-state index is -2.44. The third-order valence-corrected chi connectivity index (χ3v) is 3.38. The van der Waals surface area contributed by atoms with Gasteiger partial charge in [0.05, 0.1) is 13.2 Å². The van der Waals surface area contributed by atoms with Gasteiger partial charge in [0.25, 0.3) is 6.43 Å². The van der Waals surface area contributed by atoms with Crippen molar-refractivity contribution in [3.63, 3.8) is 0 Å². The van der Waals surface area contributed by atoms with Crippen LogP contribution in [0.3, 0.4) is 0 Å². The fourth-order valence-electron chi connectivity index (χ4n) is 2.52. The summed E-state index contributed by atoms with van der Waals surface area (Å²) in [6, 6.07) is 0. The molecule has 0 bridgehead atoms. The predicted octanol–water partition coefficient (Wildman–Crippen LogP) is 1.81. The molecule has 1 heterocycles. The minimum Gasteiger partial charge on any atom is -0.395 e. The molecule has 0 radical (unpaired) electrons. The zero-order valence-corrected chi connectivity index (χ0v) is 10.9. The highest BCUT2D eigenvalue weighted by atomic mass is 19.3. The molecule has 0 saturated heterocycles. The Balaban J connectivity index is 2.30. The normalized spacial score (nSPS) is 15.2. The number of aliphatic hydroxyl groups excluding tert-OH is 1. The lowest BCUT2D eigenvalue weighted by molar-refractivity contribution is 0.152. The lowest BCUT2D eigenvalue weighted by Crippen LogP contribution is -2.33. The molecule has 0 saturated carbocycles. The van der Waals surface area contributed by atoms with Crippen molar-refractivity contribution in [2.24, 2.45) is 0 Å². The van der Waals surface area contributed by atoms with Gasteiger partial charge >= 0.3 is 0 Å². The number of rotatable bonds is 5. The maximum absolute atomic E-state index is 12.6. The molecule has 0 aliphatic heterocycles. The Morgan fingerprint density at radius 1 is 1.21 bits per heavy atom. The van der Waals surface area contributed by atoms with Crippen LogP contribution in [-0.2, 0) is 12.8 Å². The average Bonchev–Trinajstić information content (AvgIpc) is 2.62. The third kappa shape index (κ3) is 3.59. The van der Waals surface area contributed by atoms with Gasteiger partial charge in [-0.05, 0) is 25.7 Å². The van der Waals surface area contributed by atoms with E-state index in [4.69, 9.17) is 5.11 Å². The van der Waals surface area contributed by atoms with E-state index >= 15 is 0 Å². The van der Waals surface area contributed by atoms with E-state index in [0.717, 1.165) is 43.4 Å². The van der Waals surface area contributed by atoms with E-state index in [1.54, 1.807) is 0 Å². The van der Waals surface area contributed by atoms with E-state index in [-0.39, 0.29) is 13.2 Å². The van der Waals surface area contributed by atoms with Gasteiger partial charge in [0.15, 0.2) is 0 Å². The summed E-state index contributed by atoms with van der Waals surface area (Å²) in [6.07, 6.45) is 3.96. The Morgan fingerprint density at radius 3 is 2.74 bits per heavy atom. The van der Waals surface area contributed by atoms with Crippen molar-refractivity contribution in [1.82, 2.24) is 9.97 Å². The van der Waals surface area contributed by atoms with Crippen LogP contribution in [0.25, 0.3) is 0 Å². The third-order valence-electron chi connectivity index (χ3n) is 3.38. The molecule has 1 aliphatic carbocycles. The Hall–Kier alpha value is -1.30. The van der Waals surface area contributed by atoms with Crippen LogP contribution in [0.15, 0.2) is 6.33 Å². The average molecular weight is 271 g/mol. The topological polar surface area (TPSA) is 49.2 Å². The smallest absolute Gasteiger partial charge is 0.255 e. The molecule has 19 heavy (non-hydrogen) atoms. The van der Waals surface area contributed by atoms with Crippen molar-refractivity contribution in [3.05, 3.63) is 17.6 Å². The highest BCUT2D eigenvalue weighted by Gasteiger charge is 2.20. The molecule has 0 fully saturated rings. The number of anilines is 1. The minimum absolute atomic E-state index is 0.161. The summed E-state index contributed by atoms with van der Waals surface area (Å²) in [6.45, 7) is -0.386. The SMILES string of the molecule is OCCN(CC(F)F)c1ncnc2c1CCCCC2. The molecule has 0 unspecified atom stereocenters. The van der Waals surface area contributed by atoms with Crippen molar-refractivity contribution >= 4 is 5.82 Å². The van der Waals surface area contributed by atoms with Crippen LogP contribution in [-0.4, -0.2) is 41.2 Å². The number of hydrogen-bond acceptors (Lipinski definition) is 4. The fourth-order valence-corrected chi connectivity index (χ4v) is 2.52. The number of fused-ring (bicyclic) bond motifs is 1. The number of alkyl halides is 2. The highest BCUT2D eigenvalue weighted by Crippen LogP contribution is 2.26. The second-order valence-corrected chi connectivity index (χ2v) is 4.74. The van der Waals surface area contributed by atoms with E-state index in [1.165, 1.54) is 11.2 Å². The Morgan fingerprint density at radius 2 is 2.00 bits per heavy atom. The van der Waals surface area contributed by atoms with E-state index in [9.17, 15) is 8.78 Å². The van der Waals surface area contributed by atoms with Crippen LogP contribution < -0.4 is 4.90 Å². The largest absolute Gasteiger partial charge is 0.395 e. The van der Waals surface area contributed by atoms with Gasteiger partial charge < -0.3 is 10.0 Å². The van der Waals surface area contributed by atoms with Gasteiger partial charge in [-0.1, -0.05) is 6.42 Å². The standard InChI is InChI=1S/C13H19F2N3O/c14-12(15)8-18(6-7-19)13-10-4-2-1-3-5-11(10)16-9-17-13/h9,12,19H,1-8H2. The molecule has 1 N–H and O–H groups in total. The zero-order valence-electron chi connectivity index (χ0n) is 10.9. The summed E-state index contributed by atoms with van der Waals surface area (Å²) >= 11 is 0. The van der Waals surface area contributed by atoms with Crippen LogP contribution in [0.2, 0.25) is 0 Å². The molecule has 4 nitrogen and oxygen atoms in total. The quantitative estimate of drug-likeness (QED) is 0.830. The first kappa shape index (κ1) is 14.1. The Kier molecular flexibility index (Phi) is 5.01. The van der Waals surface area contributed by atoms with Gasteiger partial charge in [-0.15, -0.1) is 0 Å². The summed E-state index contributed by atoms with van der Waals surface area (Å²) in [4.78, 5) is 9.92. The maximum Gasteiger partial charge on any atom is 0.255 e. The van der Waals surface area contributed by atoms with Crippen LogP contribution in [0.1, 0.15) is 30.5 Å². The van der Waals surface area contributed by atoms with Crippen LogP contribution >= 0.6 is 0 Å². The molecule has 1 aromatic heterocycles. The molecule has 0 atom stereocenters. The molecule has 0 spiro atoms. The maximum atomic E-state index is 12.6. The molecule has 1 aliphatic rings. The van der Waals surface area contributed by atoms with Gasteiger partial charge in [0.2, 0.25) is 0 Å². The molecule has 2 rings (SSSR count). The van der Waals surface area contributed by atoms with E-state index in [1.807, 2.05) is 0 Å². The number of aliphatic hydroxyl groups is 1. The number of aryl methyl sites for hydroxylation is 1. The Bertz CT molecular complexity index is 415. The fraction of sp³-hybridized carbons (Fsp3) is 0.692. The van der Waals surface area contributed by atoms with Gasteiger partial charge in [-0.2, -0.15) is 0 Å². The van der Waals surface area contributed by atoms with E-state index in [2.05, 4.69) is 9.97 Å². The van der Waals surface area contributed by atoms with Gasteiger partial charge in [-0.3, -0.25) is 0 Å². The van der Waals surface area contributed by atoms with E-state index < -0.39 is 13.0 Å². The lowest BCUT2D eigenvalue weighted by Gasteiger charge is -2.25. The Labute approximate surface area is 111 Å². The van der Waals surface area contributed by atoms with Crippen molar-refractivity contribution in [2.45, 2.75) is 38.5 Å². The van der Waals surface area contributed by atoms with Gasteiger partial charge in [0.1, 0.15) is 12.1 Å². The summed E-state index contributed by atoms with van der Waals surface area (Å²) in [5.74, 6) is 0.571.